The van der Waals surface area contributed by atoms with Crippen LogP contribution >= 0.6 is 11.3 Å². The average Bonchev–Trinajstić information content (AvgIpc) is 2.86. The standard InChI is InChI=1S/C15H15N3O2S/c19-13-16-14-18(11-8-4-5-9-12(11)21-14)15(20)17(13)10-6-2-1-3-7-10/h4-5,8-10H,1-3,6-7H2. The molecule has 21 heavy (non-hydrogen) atoms. The molecule has 4 rings (SSSR count). The van der Waals surface area contributed by atoms with Gasteiger partial charge in [0.15, 0.2) is 0 Å². The summed E-state index contributed by atoms with van der Waals surface area (Å²) in [7, 11) is 0. The fraction of sp³-hybridized carbons (Fsp3) is 0.400. The van der Waals surface area contributed by atoms with Gasteiger partial charge in [-0.05, 0) is 25.0 Å². The molecule has 0 saturated heterocycles. The predicted octanol–water partition coefficient (Wildman–Crippen LogP) is 2.58. The fourth-order valence-electron chi connectivity index (χ4n) is 3.21. The van der Waals surface area contributed by atoms with Gasteiger partial charge in [-0.3, -0.25) is 0 Å². The lowest BCUT2D eigenvalue weighted by Crippen LogP contribution is -2.41. The van der Waals surface area contributed by atoms with Crippen LogP contribution in [0, 0.1) is 0 Å². The lowest BCUT2D eigenvalue weighted by molar-refractivity contribution is 0.331. The molecular weight excluding hydrogens is 286 g/mol. The Balaban J connectivity index is 2.05. The summed E-state index contributed by atoms with van der Waals surface area (Å²) in [5, 5.41) is 0. The van der Waals surface area contributed by atoms with Crippen LogP contribution in [0.1, 0.15) is 38.1 Å². The van der Waals surface area contributed by atoms with Crippen molar-refractivity contribution in [2.45, 2.75) is 38.1 Å². The third kappa shape index (κ3) is 1.93. The highest BCUT2D eigenvalue weighted by molar-refractivity contribution is 7.23. The summed E-state index contributed by atoms with van der Waals surface area (Å²) in [6.07, 6.45) is 5.12. The molecular formula is C15H15N3O2S. The number of benzene rings is 1. The summed E-state index contributed by atoms with van der Waals surface area (Å²) in [5.41, 5.74) is 0.187. The number of thiazole rings is 1. The molecule has 1 fully saturated rings. The summed E-state index contributed by atoms with van der Waals surface area (Å²) in [6.45, 7) is 0. The second-order valence-electron chi connectivity index (χ2n) is 5.53. The van der Waals surface area contributed by atoms with Crippen molar-refractivity contribution in [1.82, 2.24) is 14.0 Å². The maximum atomic E-state index is 12.8. The van der Waals surface area contributed by atoms with Gasteiger partial charge < -0.3 is 0 Å². The number of nitrogens with zero attached hydrogens (tertiary/aromatic N) is 3. The summed E-state index contributed by atoms with van der Waals surface area (Å²) in [5.74, 6) is 0. The average molecular weight is 301 g/mol. The SMILES string of the molecule is O=c1nc2sc3ccccc3n2c(=O)n1C1CCCCC1. The zero-order chi connectivity index (χ0) is 14.4. The molecule has 1 saturated carbocycles. The van der Waals surface area contributed by atoms with E-state index >= 15 is 0 Å². The lowest BCUT2D eigenvalue weighted by Gasteiger charge is -2.22. The van der Waals surface area contributed by atoms with Crippen LogP contribution in [0.25, 0.3) is 15.2 Å². The normalized spacial score (nSPS) is 16.8. The monoisotopic (exact) mass is 301 g/mol. The van der Waals surface area contributed by atoms with Crippen LogP contribution in [-0.4, -0.2) is 14.0 Å². The maximum absolute atomic E-state index is 12.8. The van der Waals surface area contributed by atoms with Crippen LogP contribution in [-0.2, 0) is 0 Å². The van der Waals surface area contributed by atoms with Gasteiger partial charge in [0.05, 0.1) is 10.2 Å². The van der Waals surface area contributed by atoms with Crippen LogP contribution in [0.4, 0.5) is 0 Å². The zero-order valence-corrected chi connectivity index (χ0v) is 12.3. The minimum Gasteiger partial charge on any atom is -0.247 e. The maximum Gasteiger partial charge on any atom is 0.354 e. The first-order valence-electron chi connectivity index (χ1n) is 7.28. The van der Waals surface area contributed by atoms with Gasteiger partial charge in [0.2, 0.25) is 4.96 Å². The molecule has 1 aromatic carbocycles. The molecule has 6 heteroatoms. The summed E-state index contributed by atoms with van der Waals surface area (Å²) in [6, 6.07) is 7.68. The molecule has 3 aromatic rings. The summed E-state index contributed by atoms with van der Waals surface area (Å²) >= 11 is 1.38. The second kappa shape index (κ2) is 4.80. The molecule has 0 radical (unpaired) electrons. The molecule has 0 unspecified atom stereocenters. The number of hydrogen-bond acceptors (Lipinski definition) is 4. The van der Waals surface area contributed by atoms with Crippen LogP contribution in [0.3, 0.4) is 0 Å². The van der Waals surface area contributed by atoms with Gasteiger partial charge >= 0.3 is 11.4 Å². The van der Waals surface area contributed by atoms with E-state index in [4.69, 9.17) is 0 Å². The van der Waals surface area contributed by atoms with Gasteiger partial charge in [0.1, 0.15) is 0 Å². The van der Waals surface area contributed by atoms with Crippen molar-refractivity contribution in [3.63, 3.8) is 0 Å². The Morgan fingerprint density at radius 1 is 1.10 bits per heavy atom. The van der Waals surface area contributed by atoms with E-state index in [1.54, 1.807) is 4.40 Å². The number of para-hydroxylation sites is 1. The highest BCUT2D eigenvalue weighted by atomic mass is 32.1. The van der Waals surface area contributed by atoms with E-state index in [2.05, 4.69) is 4.98 Å². The molecule has 2 aromatic heterocycles. The van der Waals surface area contributed by atoms with Gasteiger partial charge in [-0.15, -0.1) is 0 Å². The Bertz CT molecular complexity index is 931. The molecule has 0 amide bonds. The molecule has 0 aliphatic heterocycles. The van der Waals surface area contributed by atoms with Crippen molar-refractivity contribution in [2.24, 2.45) is 0 Å². The van der Waals surface area contributed by atoms with E-state index in [-0.39, 0.29) is 11.7 Å². The molecule has 0 atom stereocenters. The highest BCUT2D eigenvalue weighted by Gasteiger charge is 2.21. The third-order valence-electron chi connectivity index (χ3n) is 4.23. The van der Waals surface area contributed by atoms with Gasteiger partial charge in [-0.2, -0.15) is 4.98 Å². The molecule has 108 valence electrons. The number of aromatic nitrogens is 3. The van der Waals surface area contributed by atoms with E-state index in [0.717, 1.165) is 35.9 Å². The molecule has 1 aliphatic rings. The molecule has 0 bridgehead atoms. The van der Waals surface area contributed by atoms with E-state index in [1.165, 1.54) is 22.3 Å². The van der Waals surface area contributed by atoms with Crippen LogP contribution in [0.15, 0.2) is 33.9 Å². The van der Waals surface area contributed by atoms with E-state index < -0.39 is 5.69 Å². The van der Waals surface area contributed by atoms with E-state index in [0.29, 0.717) is 4.96 Å². The van der Waals surface area contributed by atoms with E-state index in [1.807, 2.05) is 24.3 Å². The van der Waals surface area contributed by atoms with Gasteiger partial charge in [0, 0.05) is 6.04 Å². The van der Waals surface area contributed by atoms with E-state index in [9.17, 15) is 9.59 Å². The Morgan fingerprint density at radius 3 is 2.67 bits per heavy atom. The van der Waals surface area contributed by atoms with Gasteiger partial charge in [-0.1, -0.05) is 42.7 Å². The van der Waals surface area contributed by atoms with Crippen molar-refractivity contribution >= 4 is 26.5 Å². The minimum absolute atomic E-state index is 0.00168. The van der Waals surface area contributed by atoms with Crippen molar-refractivity contribution < 1.29 is 0 Å². The third-order valence-corrected chi connectivity index (χ3v) is 5.25. The molecule has 0 N–H and O–H groups in total. The molecule has 0 spiro atoms. The summed E-state index contributed by atoms with van der Waals surface area (Å²) in [4.78, 5) is 29.7. The lowest BCUT2D eigenvalue weighted by atomic mass is 9.95. The first-order valence-corrected chi connectivity index (χ1v) is 8.10. The molecule has 5 nitrogen and oxygen atoms in total. The van der Waals surface area contributed by atoms with Crippen LogP contribution < -0.4 is 11.4 Å². The van der Waals surface area contributed by atoms with Crippen LogP contribution in [0.2, 0.25) is 0 Å². The van der Waals surface area contributed by atoms with Crippen molar-refractivity contribution in [2.75, 3.05) is 0 Å². The quantitative estimate of drug-likeness (QED) is 0.694. The van der Waals surface area contributed by atoms with Crippen molar-refractivity contribution in [1.29, 1.82) is 0 Å². The minimum atomic E-state index is -0.404. The molecule has 1 aliphatic carbocycles. The Kier molecular flexibility index (Phi) is 2.92. The second-order valence-corrected chi connectivity index (χ2v) is 6.54. The largest absolute Gasteiger partial charge is 0.354 e. The van der Waals surface area contributed by atoms with Gasteiger partial charge in [0.25, 0.3) is 0 Å². The number of fused-ring (bicyclic) bond motifs is 3. The predicted molar refractivity (Wildman–Crippen MR) is 83.2 cm³/mol. The Hall–Kier alpha value is -1.95. The van der Waals surface area contributed by atoms with Gasteiger partial charge in [-0.25, -0.2) is 18.6 Å². The topological polar surface area (TPSA) is 56.4 Å². The fourth-order valence-corrected chi connectivity index (χ4v) is 4.21. The highest BCUT2D eigenvalue weighted by Crippen LogP contribution is 2.27. The number of hydrogen-bond donors (Lipinski definition) is 0. The van der Waals surface area contributed by atoms with Crippen molar-refractivity contribution in [3.8, 4) is 0 Å². The number of rotatable bonds is 1. The first kappa shape index (κ1) is 12.8. The Morgan fingerprint density at radius 2 is 1.86 bits per heavy atom. The van der Waals surface area contributed by atoms with Crippen molar-refractivity contribution in [3.05, 3.63) is 45.2 Å². The van der Waals surface area contributed by atoms with Crippen LogP contribution in [0.5, 0.6) is 0 Å². The first-order chi connectivity index (χ1) is 10.3. The summed E-state index contributed by atoms with van der Waals surface area (Å²) < 4.78 is 3.92. The zero-order valence-electron chi connectivity index (χ0n) is 11.5. The smallest absolute Gasteiger partial charge is 0.247 e. The Labute approximate surface area is 124 Å². The molecule has 2 heterocycles.